The molecular formula is C23H29N4O2S+. The van der Waals surface area contributed by atoms with Gasteiger partial charge in [-0.3, -0.25) is 4.79 Å². The number of thiophene rings is 1. The molecule has 2 N–H and O–H groups in total. The van der Waals surface area contributed by atoms with Crippen LogP contribution in [-0.4, -0.2) is 45.2 Å². The molecule has 4 rings (SSSR count). The Morgan fingerprint density at radius 2 is 2.03 bits per heavy atom. The van der Waals surface area contributed by atoms with Crippen LogP contribution in [0.1, 0.15) is 35.8 Å². The molecule has 0 atom stereocenters. The molecule has 1 saturated heterocycles. The monoisotopic (exact) mass is 425 g/mol. The average molecular weight is 426 g/mol. The Bertz CT molecular complexity index is 941. The maximum absolute atomic E-state index is 12.7. The van der Waals surface area contributed by atoms with Gasteiger partial charge in [0.05, 0.1) is 44.0 Å². The Morgan fingerprint density at radius 3 is 2.80 bits per heavy atom. The first-order valence-corrected chi connectivity index (χ1v) is 11.7. The maximum atomic E-state index is 12.7. The number of rotatable bonds is 6. The van der Waals surface area contributed by atoms with Crippen LogP contribution in [0, 0.1) is 11.3 Å². The van der Waals surface area contributed by atoms with Gasteiger partial charge in [-0.15, -0.1) is 11.3 Å². The normalized spacial score (nSPS) is 16.6. The number of quaternary nitrogens is 1. The third-order valence-corrected chi connectivity index (χ3v) is 7.13. The lowest BCUT2D eigenvalue weighted by Gasteiger charge is -2.34. The van der Waals surface area contributed by atoms with Gasteiger partial charge >= 0.3 is 0 Å². The van der Waals surface area contributed by atoms with Gasteiger partial charge < -0.3 is 19.9 Å². The Balaban J connectivity index is 1.33. The molecule has 1 aliphatic carbocycles. The first-order valence-electron chi connectivity index (χ1n) is 10.8. The minimum atomic E-state index is 0.00302. The summed E-state index contributed by atoms with van der Waals surface area (Å²) >= 11 is 1.59. The molecule has 6 nitrogen and oxygen atoms in total. The van der Waals surface area contributed by atoms with Crippen LogP contribution in [0.2, 0.25) is 0 Å². The summed E-state index contributed by atoms with van der Waals surface area (Å²) in [5.41, 5.74) is 2.99. The third kappa shape index (κ3) is 4.45. The average Bonchev–Trinajstić information content (AvgIpc) is 3.11. The first kappa shape index (κ1) is 20.7. The van der Waals surface area contributed by atoms with Crippen molar-refractivity contribution in [3.63, 3.8) is 0 Å². The zero-order chi connectivity index (χ0) is 20.9. The van der Waals surface area contributed by atoms with Gasteiger partial charge in [-0.2, -0.15) is 5.26 Å². The van der Waals surface area contributed by atoms with E-state index in [1.165, 1.54) is 16.2 Å². The van der Waals surface area contributed by atoms with Crippen LogP contribution < -0.4 is 19.9 Å². The Kier molecular flexibility index (Phi) is 6.56. The van der Waals surface area contributed by atoms with Crippen molar-refractivity contribution < 1.29 is 14.4 Å². The second-order valence-corrected chi connectivity index (χ2v) is 8.99. The predicted octanol–water partition coefficient (Wildman–Crippen LogP) is 2.24. The number of amides is 1. The summed E-state index contributed by atoms with van der Waals surface area (Å²) in [6.07, 6.45) is 4.29. The molecule has 1 amide bonds. The highest BCUT2D eigenvalue weighted by atomic mass is 32.1. The first-order chi connectivity index (χ1) is 14.7. The Labute approximate surface area is 182 Å². The van der Waals surface area contributed by atoms with Crippen LogP contribution in [0.4, 0.5) is 10.7 Å². The molecule has 2 aromatic rings. The maximum Gasteiger partial charge on any atom is 0.280 e. The lowest BCUT2D eigenvalue weighted by Crippen LogP contribution is -3.15. The molecule has 1 fully saturated rings. The quantitative estimate of drug-likeness (QED) is 0.745. The highest BCUT2D eigenvalue weighted by Gasteiger charge is 2.26. The number of fused-ring (bicyclic) bond motifs is 1. The van der Waals surface area contributed by atoms with Crippen molar-refractivity contribution in [2.45, 2.75) is 32.6 Å². The number of para-hydroxylation sites is 2. The minimum Gasteiger partial charge on any atom is -0.492 e. The molecule has 7 heteroatoms. The van der Waals surface area contributed by atoms with Gasteiger partial charge in [0.15, 0.2) is 6.54 Å². The molecule has 158 valence electrons. The van der Waals surface area contributed by atoms with Gasteiger partial charge in [0.25, 0.3) is 5.91 Å². The molecule has 1 aromatic carbocycles. The second kappa shape index (κ2) is 9.50. The van der Waals surface area contributed by atoms with Crippen molar-refractivity contribution in [1.29, 1.82) is 5.26 Å². The number of piperazine rings is 1. The van der Waals surface area contributed by atoms with Gasteiger partial charge in [0.1, 0.15) is 16.8 Å². The molecule has 0 radical (unpaired) electrons. The van der Waals surface area contributed by atoms with Crippen LogP contribution in [-0.2, 0) is 17.6 Å². The summed E-state index contributed by atoms with van der Waals surface area (Å²) in [5, 5.41) is 13.4. The van der Waals surface area contributed by atoms with E-state index < -0.39 is 0 Å². The molecule has 0 spiro atoms. The van der Waals surface area contributed by atoms with Gasteiger partial charge in [0, 0.05) is 4.88 Å². The van der Waals surface area contributed by atoms with E-state index in [0.717, 1.165) is 67.4 Å². The SMILES string of the molecule is CCOc1ccccc1N1CC[NH+](CC(=O)Nc2sc3c(c2C#N)CCCC3)CC1. The topological polar surface area (TPSA) is 69.8 Å². The van der Waals surface area contributed by atoms with Crippen LogP contribution in [0.25, 0.3) is 0 Å². The molecule has 0 bridgehead atoms. The van der Waals surface area contributed by atoms with E-state index in [0.29, 0.717) is 18.7 Å². The van der Waals surface area contributed by atoms with E-state index in [1.807, 2.05) is 25.1 Å². The number of hydrogen-bond donors (Lipinski definition) is 2. The number of carbonyl (C=O) groups is 1. The van der Waals surface area contributed by atoms with E-state index in [9.17, 15) is 10.1 Å². The Morgan fingerprint density at radius 1 is 1.27 bits per heavy atom. The number of aryl methyl sites for hydroxylation is 1. The molecular weight excluding hydrogens is 396 g/mol. The van der Waals surface area contributed by atoms with Crippen molar-refractivity contribution in [3.8, 4) is 11.8 Å². The number of hydrogen-bond acceptors (Lipinski definition) is 5. The predicted molar refractivity (Wildman–Crippen MR) is 120 cm³/mol. The van der Waals surface area contributed by atoms with Crippen molar-refractivity contribution in [2.75, 3.05) is 49.5 Å². The highest BCUT2D eigenvalue weighted by molar-refractivity contribution is 7.16. The van der Waals surface area contributed by atoms with E-state index in [4.69, 9.17) is 4.74 Å². The number of anilines is 2. The van der Waals surface area contributed by atoms with E-state index in [1.54, 1.807) is 11.3 Å². The number of nitriles is 1. The smallest absolute Gasteiger partial charge is 0.280 e. The van der Waals surface area contributed by atoms with E-state index >= 15 is 0 Å². The molecule has 2 heterocycles. The molecule has 2 aliphatic rings. The van der Waals surface area contributed by atoms with Crippen molar-refractivity contribution >= 4 is 27.9 Å². The van der Waals surface area contributed by atoms with Crippen molar-refractivity contribution in [2.24, 2.45) is 0 Å². The summed E-state index contributed by atoms with van der Waals surface area (Å²) in [4.78, 5) is 17.6. The summed E-state index contributed by atoms with van der Waals surface area (Å²) < 4.78 is 5.77. The lowest BCUT2D eigenvalue weighted by atomic mass is 9.96. The fourth-order valence-electron chi connectivity index (χ4n) is 4.41. The van der Waals surface area contributed by atoms with E-state index in [-0.39, 0.29) is 5.91 Å². The fraction of sp³-hybridized carbons (Fsp3) is 0.478. The van der Waals surface area contributed by atoms with Crippen LogP contribution >= 0.6 is 11.3 Å². The number of ether oxygens (including phenoxy) is 1. The summed E-state index contributed by atoms with van der Waals surface area (Å²) in [7, 11) is 0. The second-order valence-electron chi connectivity index (χ2n) is 7.89. The molecule has 1 aromatic heterocycles. The molecule has 0 saturated carbocycles. The van der Waals surface area contributed by atoms with Gasteiger partial charge in [-0.05, 0) is 50.3 Å². The molecule has 0 unspecified atom stereocenters. The zero-order valence-electron chi connectivity index (χ0n) is 17.5. The number of benzene rings is 1. The number of nitrogens with one attached hydrogen (secondary N) is 2. The van der Waals surface area contributed by atoms with Gasteiger partial charge in [-0.25, -0.2) is 0 Å². The Hall–Kier alpha value is -2.56. The summed E-state index contributed by atoms with van der Waals surface area (Å²) in [5.74, 6) is 0.926. The number of nitrogens with zero attached hydrogens (tertiary/aromatic N) is 2. The van der Waals surface area contributed by atoms with Crippen LogP contribution in [0.5, 0.6) is 5.75 Å². The van der Waals surface area contributed by atoms with Gasteiger partial charge in [-0.1, -0.05) is 12.1 Å². The van der Waals surface area contributed by atoms with Crippen molar-refractivity contribution in [1.82, 2.24) is 0 Å². The highest BCUT2D eigenvalue weighted by Crippen LogP contribution is 2.37. The fourth-order valence-corrected chi connectivity index (χ4v) is 5.66. The number of carbonyl (C=O) groups excluding carboxylic acids is 1. The van der Waals surface area contributed by atoms with Crippen molar-refractivity contribution in [3.05, 3.63) is 40.3 Å². The summed E-state index contributed by atoms with van der Waals surface area (Å²) in [6, 6.07) is 10.5. The van der Waals surface area contributed by atoms with E-state index in [2.05, 4.69) is 22.4 Å². The lowest BCUT2D eigenvalue weighted by molar-refractivity contribution is -0.892. The minimum absolute atomic E-state index is 0.00302. The third-order valence-electron chi connectivity index (χ3n) is 5.92. The van der Waals surface area contributed by atoms with Crippen LogP contribution in [0.15, 0.2) is 24.3 Å². The zero-order valence-corrected chi connectivity index (χ0v) is 18.3. The molecule has 1 aliphatic heterocycles. The standard InChI is InChI=1S/C23H28N4O2S/c1-2-29-20-9-5-4-8-19(20)27-13-11-26(12-14-27)16-22(28)25-23-18(15-24)17-7-3-6-10-21(17)30-23/h4-5,8-9H,2-3,6-7,10-14,16H2,1H3,(H,25,28)/p+1. The van der Waals surface area contributed by atoms with Crippen LogP contribution in [0.3, 0.4) is 0 Å². The molecule has 30 heavy (non-hydrogen) atoms. The largest absolute Gasteiger partial charge is 0.492 e. The van der Waals surface area contributed by atoms with Gasteiger partial charge in [0.2, 0.25) is 0 Å². The summed E-state index contributed by atoms with van der Waals surface area (Å²) in [6.45, 7) is 6.68.